The third-order valence-electron chi connectivity index (χ3n) is 2.67. The smallest absolute Gasteiger partial charge is 0.120 e. The van der Waals surface area contributed by atoms with Gasteiger partial charge in [0.2, 0.25) is 0 Å². The molecular weight excluding hydrogens is 198 g/mol. The Labute approximate surface area is 96.6 Å². The molecule has 0 bridgehead atoms. The topological polar surface area (TPSA) is 21.3 Å². The van der Waals surface area contributed by atoms with Crippen molar-refractivity contribution in [2.45, 2.75) is 26.5 Å². The van der Waals surface area contributed by atoms with Crippen molar-refractivity contribution in [2.75, 3.05) is 0 Å². The van der Waals surface area contributed by atoms with E-state index in [0.717, 1.165) is 11.5 Å². The van der Waals surface area contributed by atoms with Crippen molar-refractivity contribution < 1.29 is 4.74 Å². The zero-order valence-electron chi connectivity index (χ0n) is 9.79. The molecule has 0 aromatic heterocycles. The number of hydrogen-bond acceptors (Lipinski definition) is 2. The van der Waals surface area contributed by atoms with Crippen LogP contribution in [0.3, 0.4) is 0 Å². The molecule has 0 saturated heterocycles. The minimum Gasteiger partial charge on any atom is -0.491 e. The third kappa shape index (κ3) is 2.45. The van der Waals surface area contributed by atoms with E-state index in [1.54, 1.807) is 0 Å². The molecular formula is C14H17NO. The van der Waals surface area contributed by atoms with Gasteiger partial charge in [-0.2, -0.15) is 0 Å². The number of aryl methyl sites for hydroxylation is 1. The van der Waals surface area contributed by atoms with E-state index in [0.29, 0.717) is 6.61 Å². The zero-order valence-corrected chi connectivity index (χ0v) is 9.79. The fourth-order valence-corrected chi connectivity index (χ4v) is 1.71. The Hall–Kier alpha value is -1.70. The van der Waals surface area contributed by atoms with E-state index in [4.69, 9.17) is 4.74 Å². The van der Waals surface area contributed by atoms with Crippen LogP contribution in [0.1, 0.15) is 18.1 Å². The normalized spacial score (nSPS) is 19.2. The van der Waals surface area contributed by atoms with Gasteiger partial charge in [0.05, 0.1) is 6.04 Å². The molecule has 0 aliphatic carbocycles. The summed E-state index contributed by atoms with van der Waals surface area (Å²) in [6.07, 6.45) is 1.96. The molecule has 1 aliphatic rings. The Balaban J connectivity index is 1.95. The maximum atomic E-state index is 5.75. The fourth-order valence-electron chi connectivity index (χ4n) is 1.71. The second-order valence-electron chi connectivity index (χ2n) is 4.21. The molecule has 1 N–H and O–H groups in total. The highest BCUT2D eigenvalue weighted by molar-refractivity contribution is 5.28. The van der Waals surface area contributed by atoms with E-state index in [1.165, 1.54) is 11.1 Å². The van der Waals surface area contributed by atoms with Crippen molar-refractivity contribution in [3.8, 4) is 0 Å². The largest absolute Gasteiger partial charge is 0.491 e. The summed E-state index contributed by atoms with van der Waals surface area (Å²) in [6.45, 7) is 8.62. The van der Waals surface area contributed by atoms with Gasteiger partial charge in [-0.15, -0.1) is 0 Å². The molecule has 2 heteroatoms. The van der Waals surface area contributed by atoms with Crippen molar-refractivity contribution in [3.63, 3.8) is 0 Å². The molecule has 1 heterocycles. The van der Waals surface area contributed by atoms with Crippen LogP contribution in [0.2, 0.25) is 0 Å². The van der Waals surface area contributed by atoms with E-state index < -0.39 is 0 Å². The lowest BCUT2D eigenvalue weighted by molar-refractivity contribution is 0.183. The fraction of sp³-hybridized carbons (Fsp3) is 0.286. The molecule has 84 valence electrons. The van der Waals surface area contributed by atoms with Gasteiger partial charge in [0.15, 0.2) is 0 Å². The number of ether oxygens (including phenoxy) is 1. The van der Waals surface area contributed by atoms with Gasteiger partial charge < -0.3 is 10.1 Å². The van der Waals surface area contributed by atoms with Crippen LogP contribution in [0.4, 0.5) is 0 Å². The Morgan fingerprint density at radius 2 is 2.00 bits per heavy atom. The van der Waals surface area contributed by atoms with Crippen LogP contribution in [-0.2, 0) is 11.3 Å². The van der Waals surface area contributed by atoms with E-state index in [-0.39, 0.29) is 6.04 Å². The predicted molar refractivity (Wildman–Crippen MR) is 65.8 cm³/mol. The molecule has 1 aliphatic heterocycles. The summed E-state index contributed by atoms with van der Waals surface area (Å²) in [6, 6.07) is 8.62. The van der Waals surface area contributed by atoms with E-state index in [1.807, 2.05) is 6.08 Å². The van der Waals surface area contributed by atoms with Gasteiger partial charge in [-0.3, -0.25) is 0 Å². The lowest BCUT2D eigenvalue weighted by Crippen LogP contribution is -2.20. The summed E-state index contributed by atoms with van der Waals surface area (Å²) < 4.78 is 5.75. The quantitative estimate of drug-likeness (QED) is 0.837. The van der Waals surface area contributed by atoms with Crippen LogP contribution >= 0.6 is 0 Å². The molecule has 16 heavy (non-hydrogen) atoms. The molecule has 1 aromatic rings. The highest BCUT2D eigenvalue weighted by atomic mass is 16.5. The minimum atomic E-state index is 0.234. The number of hydrogen-bond donors (Lipinski definition) is 1. The average Bonchev–Trinajstić information content (AvgIpc) is 2.57. The number of allylic oxidation sites excluding steroid dienone is 1. The zero-order chi connectivity index (χ0) is 11.5. The summed E-state index contributed by atoms with van der Waals surface area (Å²) in [5.74, 6) is 0.963. The number of benzene rings is 1. The Kier molecular flexibility index (Phi) is 3.00. The lowest BCUT2D eigenvalue weighted by atomic mass is 10.2. The van der Waals surface area contributed by atoms with Crippen molar-refractivity contribution in [1.82, 2.24) is 5.32 Å². The molecule has 0 spiro atoms. The first-order valence-electron chi connectivity index (χ1n) is 5.50. The van der Waals surface area contributed by atoms with Crippen molar-refractivity contribution in [1.29, 1.82) is 0 Å². The number of nitrogens with one attached hydrogen (secondary N) is 1. The van der Waals surface area contributed by atoms with Crippen LogP contribution < -0.4 is 5.32 Å². The average molecular weight is 215 g/mol. The Bertz CT molecular complexity index is 417. The van der Waals surface area contributed by atoms with Gasteiger partial charge in [0.25, 0.3) is 0 Å². The first-order chi connectivity index (χ1) is 7.65. The maximum Gasteiger partial charge on any atom is 0.120 e. The first kappa shape index (κ1) is 10.8. The molecule has 0 saturated carbocycles. The summed E-state index contributed by atoms with van der Waals surface area (Å²) >= 11 is 0. The van der Waals surface area contributed by atoms with Gasteiger partial charge >= 0.3 is 0 Å². The van der Waals surface area contributed by atoms with Crippen LogP contribution in [0.5, 0.6) is 0 Å². The minimum absolute atomic E-state index is 0.234. The van der Waals surface area contributed by atoms with Gasteiger partial charge in [0, 0.05) is 11.8 Å². The van der Waals surface area contributed by atoms with Gasteiger partial charge in [0.1, 0.15) is 12.4 Å². The Morgan fingerprint density at radius 1 is 1.31 bits per heavy atom. The predicted octanol–water partition coefficient (Wildman–Crippen LogP) is 2.90. The molecule has 2 rings (SSSR count). The van der Waals surface area contributed by atoms with Gasteiger partial charge in [-0.05, 0) is 19.4 Å². The van der Waals surface area contributed by atoms with Gasteiger partial charge in [-0.1, -0.05) is 36.4 Å². The van der Waals surface area contributed by atoms with Crippen molar-refractivity contribution in [2.24, 2.45) is 0 Å². The summed E-state index contributed by atoms with van der Waals surface area (Å²) in [5, 5.41) is 3.20. The summed E-state index contributed by atoms with van der Waals surface area (Å²) in [7, 11) is 0. The van der Waals surface area contributed by atoms with Crippen LogP contribution in [0.25, 0.3) is 0 Å². The third-order valence-corrected chi connectivity index (χ3v) is 2.67. The SMILES string of the molecule is C=C1C=C(OCc2ccc(C)cc2)[C@H](C)N1. The molecule has 0 fully saturated rings. The monoisotopic (exact) mass is 215 g/mol. The summed E-state index contributed by atoms with van der Waals surface area (Å²) in [5.41, 5.74) is 3.38. The second-order valence-corrected chi connectivity index (χ2v) is 4.21. The molecule has 2 nitrogen and oxygen atoms in total. The van der Waals surface area contributed by atoms with E-state index >= 15 is 0 Å². The lowest BCUT2D eigenvalue weighted by Gasteiger charge is -2.12. The van der Waals surface area contributed by atoms with Crippen molar-refractivity contribution >= 4 is 0 Å². The van der Waals surface area contributed by atoms with E-state index in [2.05, 4.69) is 50.0 Å². The summed E-state index contributed by atoms with van der Waals surface area (Å²) in [4.78, 5) is 0. The van der Waals surface area contributed by atoms with Crippen LogP contribution in [-0.4, -0.2) is 6.04 Å². The highest BCUT2D eigenvalue weighted by Gasteiger charge is 2.16. The molecule has 0 unspecified atom stereocenters. The molecule has 1 aromatic carbocycles. The molecule has 1 atom stereocenters. The number of rotatable bonds is 3. The highest BCUT2D eigenvalue weighted by Crippen LogP contribution is 2.17. The molecule has 0 amide bonds. The van der Waals surface area contributed by atoms with E-state index in [9.17, 15) is 0 Å². The standard InChI is InChI=1S/C14H17NO/c1-10-4-6-13(7-5-10)9-16-14-8-11(2)15-12(14)3/h4-8,12,15H,2,9H2,1,3H3/t12-/m0/s1. The Morgan fingerprint density at radius 3 is 2.56 bits per heavy atom. The van der Waals surface area contributed by atoms with Crippen LogP contribution in [0, 0.1) is 6.92 Å². The van der Waals surface area contributed by atoms with Crippen molar-refractivity contribution in [3.05, 3.63) is 59.5 Å². The van der Waals surface area contributed by atoms with Gasteiger partial charge in [-0.25, -0.2) is 0 Å². The first-order valence-corrected chi connectivity index (χ1v) is 5.50. The van der Waals surface area contributed by atoms with Crippen LogP contribution in [0.15, 0.2) is 48.4 Å². The molecule has 0 radical (unpaired) electrons. The second kappa shape index (κ2) is 4.44. The maximum absolute atomic E-state index is 5.75.